The van der Waals surface area contributed by atoms with Crippen molar-refractivity contribution in [3.63, 3.8) is 0 Å². The third-order valence-electron chi connectivity index (χ3n) is 4.73. The van der Waals surface area contributed by atoms with E-state index in [1.165, 1.54) is 11.1 Å². The van der Waals surface area contributed by atoms with Crippen LogP contribution in [0.3, 0.4) is 0 Å². The number of aromatic nitrogens is 1. The lowest BCUT2D eigenvalue weighted by Crippen LogP contribution is -2.60. The molecule has 1 amide bonds. The summed E-state index contributed by atoms with van der Waals surface area (Å²) in [6, 6.07) is 6.22. The third-order valence-corrected chi connectivity index (χ3v) is 4.73. The van der Waals surface area contributed by atoms with Gasteiger partial charge in [-0.05, 0) is 32.9 Å². The predicted molar refractivity (Wildman–Crippen MR) is 107 cm³/mol. The monoisotopic (exact) mass is 403 g/mol. The Labute approximate surface area is 167 Å². The van der Waals surface area contributed by atoms with Gasteiger partial charge in [0.05, 0.1) is 31.3 Å². The molecule has 0 saturated carbocycles. The molecule has 1 aromatic heterocycles. The quantitative estimate of drug-likeness (QED) is 0.793. The van der Waals surface area contributed by atoms with E-state index >= 15 is 0 Å². The number of carboxylic acid groups (broad SMARTS) is 1. The first-order valence-corrected chi connectivity index (χ1v) is 9.36. The summed E-state index contributed by atoms with van der Waals surface area (Å²) < 4.78 is 7.04. The Kier molecular flexibility index (Phi) is 5.52. The Bertz CT molecular complexity index is 994. The number of carbonyl (C=O) groups is 2. The summed E-state index contributed by atoms with van der Waals surface area (Å²) in [5.41, 5.74) is -0.973. The van der Waals surface area contributed by atoms with E-state index < -0.39 is 29.1 Å². The van der Waals surface area contributed by atoms with Gasteiger partial charge in [-0.1, -0.05) is 12.1 Å². The Balaban J connectivity index is 1.96. The number of hydrogen-bond donors (Lipinski definition) is 2. The zero-order valence-electron chi connectivity index (χ0n) is 16.7. The van der Waals surface area contributed by atoms with Crippen LogP contribution in [0, 0.1) is 0 Å². The van der Waals surface area contributed by atoms with Crippen LogP contribution in [-0.4, -0.2) is 69.7 Å². The number of carboxylic acids is 1. The van der Waals surface area contributed by atoms with Gasteiger partial charge < -0.3 is 20.0 Å². The van der Waals surface area contributed by atoms with Gasteiger partial charge in [0.1, 0.15) is 11.2 Å². The number of ether oxygens (including phenoxy) is 1. The zero-order chi connectivity index (χ0) is 21.3. The van der Waals surface area contributed by atoms with Crippen LogP contribution in [0.2, 0.25) is 0 Å². The first-order valence-electron chi connectivity index (χ1n) is 9.36. The highest BCUT2D eigenvalue weighted by molar-refractivity contribution is 5.92. The summed E-state index contributed by atoms with van der Waals surface area (Å²) in [7, 11) is 0. The molecular weight excluding hydrogens is 378 g/mol. The number of amides is 1. The number of benzene rings is 1. The average molecular weight is 403 g/mol. The normalized spacial score (nSPS) is 17.4. The molecule has 1 atom stereocenters. The van der Waals surface area contributed by atoms with Crippen molar-refractivity contribution in [3.8, 4) is 0 Å². The second-order valence-electron chi connectivity index (χ2n) is 7.96. The summed E-state index contributed by atoms with van der Waals surface area (Å²) in [5, 5.41) is 21.4. The molecular formula is C20H25N3O6. The minimum absolute atomic E-state index is 0.252. The van der Waals surface area contributed by atoms with Gasteiger partial charge in [0, 0.05) is 18.1 Å². The predicted octanol–water partition coefficient (Wildman–Crippen LogP) is 1.25. The molecule has 2 heterocycles. The largest absolute Gasteiger partial charge is 0.477 e. The number of para-hydroxylation sites is 1. The number of carbonyl (C=O) groups excluding carboxylic acids is 1. The fourth-order valence-electron chi connectivity index (χ4n) is 3.40. The number of aliphatic hydroxyl groups is 1. The molecule has 1 unspecified atom stereocenters. The molecule has 29 heavy (non-hydrogen) atoms. The second kappa shape index (κ2) is 7.75. The van der Waals surface area contributed by atoms with Crippen molar-refractivity contribution in [1.82, 2.24) is 9.58 Å². The van der Waals surface area contributed by atoms with Crippen molar-refractivity contribution in [2.75, 3.05) is 31.3 Å². The maximum Gasteiger partial charge on any atom is 0.410 e. The van der Waals surface area contributed by atoms with E-state index in [2.05, 4.69) is 0 Å². The van der Waals surface area contributed by atoms with E-state index in [1.54, 1.807) is 49.7 Å². The van der Waals surface area contributed by atoms with Crippen LogP contribution in [0.5, 0.6) is 0 Å². The third kappa shape index (κ3) is 4.19. The van der Waals surface area contributed by atoms with Gasteiger partial charge in [-0.15, -0.1) is 0 Å². The van der Waals surface area contributed by atoms with Crippen LogP contribution in [0.1, 0.15) is 31.1 Å². The summed E-state index contributed by atoms with van der Waals surface area (Å²) in [6.45, 7) is 5.95. The second-order valence-corrected chi connectivity index (χ2v) is 7.96. The Morgan fingerprint density at radius 3 is 2.52 bits per heavy atom. The van der Waals surface area contributed by atoms with E-state index in [4.69, 9.17) is 4.74 Å². The van der Waals surface area contributed by atoms with Crippen LogP contribution >= 0.6 is 0 Å². The lowest BCUT2D eigenvalue weighted by atomic mass is 10.1. The maximum atomic E-state index is 12.5. The molecule has 1 saturated heterocycles. The topological polar surface area (TPSA) is 112 Å². The van der Waals surface area contributed by atoms with Crippen LogP contribution in [-0.2, 0) is 4.74 Å². The maximum absolute atomic E-state index is 12.5. The van der Waals surface area contributed by atoms with Gasteiger partial charge in [0.25, 0.3) is 0 Å². The number of piperazine rings is 1. The molecule has 1 aromatic carbocycles. The van der Waals surface area contributed by atoms with E-state index in [0.717, 1.165) is 0 Å². The SMILES string of the molecule is CC(C)(C)OC(=O)N1CCN(n2cc(C(=O)O)c(=O)c3ccccc32)CC1CO. The molecule has 9 heteroatoms. The molecule has 3 rings (SSSR count). The minimum atomic E-state index is -1.30. The van der Waals surface area contributed by atoms with Gasteiger partial charge in [-0.2, -0.15) is 0 Å². The van der Waals surface area contributed by atoms with Crippen LogP contribution in [0.4, 0.5) is 4.79 Å². The molecule has 0 spiro atoms. The van der Waals surface area contributed by atoms with Crippen molar-refractivity contribution in [2.45, 2.75) is 32.4 Å². The Morgan fingerprint density at radius 2 is 1.90 bits per heavy atom. The lowest BCUT2D eigenvalue weighted by molar-refractivity contribution is 0.00544. The number of nitrogens with zero attached hydrogens (tertiary/aromatic N) is 3. The molecule has 1 fully saturated rings. The molecule has 2 N–H and O–H groups in total. The summed E-state index contributed by atoms with van der Waals surface area (Å²) in [5.74, 6) is -1.30. The summed E-state index contributed by atoms with van der Waals surface area (Å²) in [4.78, 5) is 38.0. The van der Waals surface area contributed by atoms with Gasteiger partial charge in [-0.25, -0.2) is 9.59 Å². The average Bonchev–Trinajstić information content (AvgIpc) is 2.66. The van der Waals surface area contributed by atoms with Gasteiger partial charge in [0.15, 0.2) is 0 Å². The van der Waals surface area contributed by atoms with E-state index in [-0.39, 0.29) is 25.3 Å². The van der Waals surface area contributed by atoms with Gasteiger partial charge >= 0.3 is 12.1 Å². The van der Waals surface area contributed by atoms with Crippen molar-refractivity contribution in [2.24, 2.45) is 0 Å². The number of rotatable bonds is 3. The Hall–Kier alpha value is -3.07. The number of fused-ring (bicyclic) bond motifs is 1. The van der Waals surface area contributed by atoms with E-state index in [1.807, 2.05) is 5.01 Å². The molecule has 1 aliphatic rings. The molecule has 1 aliphatic heterocycles. The molecule has 9 nitrogen and oxygen atoms in total. The number of aromatic carboxylic acids is 1. The fourth-order valence-corrected chi connectivity index (χ4v) is 3.40. The highest BCUT2D eigenvalue weighted by atomic mass is 16.6. The molecule has 156 valence electrons. The summed E-state index contributed by atoms with van der Waals surface area (Å²) >= 11 is 0. The minimum Gasteiger partial charge on any atom is -0.477 e. The van der Waals surface area contributed by atoms with Crippen molar-refractivity contribution in [1.29, 1.82) is 0 Å². The van der Waals surface area contributed by atoms with Crippen LogP contribution < -0.4 is 10.4 Å². The van der Waals surface area contributed by atoms with Crippen LogP contribution in [0.15, 0.2) is 35.3 Å². The lowest BCUT2D eigenvalue weighted by Gasteiger charge is -2.42. The first-order chi connectivity index (χ1) is 13.6. The van der Waals surface area contributed by atoms with Crippen molar-refractivity contribution < 1.29 is 24.5 Å². The van der Waals surface area contributed by atoms with Crippen LogP contribution in [0.25, 0.3) is 10.9 Å². The number of pyridine rings is 1. The van der Waals surface area contributed by atoms with Gasteiger partial charge in [0.2, 0.25) is 5.43 Å². The van der Waals surface area contributed by atoms with Gasteiger partial charge in [-0.3, -0.25) is 14.4 Å². The molecule has 0 bridgehead atoms. The highest BCUT2D eigenvalue weighted by Crippen LogP contribution is 2.18. The number of hydrogen-bond acceptors (Lipinski definition) is 6. The molecule has 2 aromatic rings. The molecule has 0 radical (unpaired) electrons. The Morgan fingerprint density at radius 1 is 1.21 bits per heavy atom. The van der Waals surface area contributed by atoms with Crippen molar-refractivity contribution in [3.05, 3.63) is 46.2 Å². The zero-order valence-corrected chi connectivity index (χ0v) is 16.7. The fraction of sp³-hybridized carbons (Fsp3) is 0.450. The first kappa shape index (κ1) is 20.7. The van der Waals surface area contributed by atoms with E-state index in [9.17, 15) is 24.6 Å². The smallest absolute Gasteiger partial charge is 0.410 e. The van der Waals surface area contributed by atoms with Crippen molar-refractivity contribution >= 4 is 23.0 Å². The van der Waals surface area contributed by atoms with E-state index in [0.29, 0.717) is 17.4 Å². The molecule has 0 aliphatic carbocycles. The summed E-state index contributed by atoms with van der Waals surface area (Å²) in [6.07, 6.45) is 0.789. The highest BCUT2D eigenvalue weighted by Gasteiger charge is 2.33. The standard InChI is InChI=1S/C20H25N3O6/c1-20(2,3)29-19(28)22-9-8-21(10-13(22)12-24)23-11-15(18(26)27)17(25)14-6-4-5-7-16(14)23/h4-7,11,13,24H,8-10,12H2,1-3H3,(H,26,27). The number of aliphatic hydroxyl groups excluding tert-OH is 1.